The van der Waals surface area contributed by atoms with Crippen molar-refractivity contribution >= 4 is 28.7 Å². The summed E-state index contributed by atoms with van der Waals surface area (Å²) < 4.78 is 0. The van der Waals surface area contributed by atoms with Gasteiger partial charge in [-0.3, -0.25) is 4.79 Å². The van der Waals surface area contributed by atoms with Crippen molar-refractivity contribution in [1.29, 1.82) is 0 Å². The number of anilines is 2. The molecule has 1 aromatic carbocycles. The zero-order chi connectivity index (χ0) is 20.1. The van der Waals surface area contributed by atoms with Crippen LogP contribution in [0.3, 0.4) is 0 Å². The third-order valence-corrected chi connectivity index (χ3v) is 6.06. The monoisotopic (exact) mass is 408 g/mol. The maximum atomic E-state index is 12.5. The molecule has 1 amide bonds. The number of nitrogens with one attached hydrogen (secondary N) is 2. The van der Waals surface area contributed by atoms with Crippen molar-refractivity contribution in [2.24, 2.45) is 0 Å². The van der Waals surface area contributed by atoms with Gasteiger partial charge in [0.25, 0.3) is 5.91 Å². The van der Waals surface area contributed by atoms with Gasteiger partial charge in [0, 0.05) is 37.8 Å². The second kappa shape index (κ2) is 9.00. The molecule has 0 atom stereocenters. The van der Waals surface area contributed by atoms with Crippen LogP contribution in [0.25, 0.3) is 10.6 Å². The van der Waals surface area contributed by atoms with Gasteiger partial charge in [-0.15, -0.1) is 16.4 Å². The SMILES string of the molecule is Cc1nc(-c2ccccc2)sc1C(=O)NCCNc1cc(N2CCCC2)cnn1. The van der Waals surface area contributed by atoms with Gasteiger partial charge in [-0.2, -0.15) is 5.10 Å². The Morgan fingerprint density at radius 2 is 1.97 bits per heavy atom. The Morgan fingerprint density at radius 1 is 1.17 bits per heavy atom. The Labute approximate surface area is 174 Å². The third-order valence-electron chi connectivity index (χ3n) is 4.85. The van der Waals surface area contributed by atoms with Crippen molar-refractivity contribution in [3.05, 3.63) is 53.2 Å². The highest BCUT2D eigenvalue weighted by molar-refractivity contribution is 7.17. The summed E-state index contributed by atoms with van der Waals surface area (Å²) in [6.07, 6.45) is 4.25. The van der Waals surface area contributed by atoms with E-state index in [9.17, 15) is 4.79 Å². The Balaban J connectivity index is 1.29. The number of rotatable bonds is 7. The fourth-order valence-electron chi connectivity index (χ4n) is 3.35. The molecule has 1 fully saturated rings. The summed E-state index contributed by atoms with van der Waals surface area (Å²) in [7, 11) is 0. The zero-order valence-corrected chi connectivity index (χ0v) is 17.2. The maximum absolute atomic E-state index is 12.5. The Kier molecular flexibility index (Phi) is 6.00. The molecule has 2 aromatic heterocycles. The lowest BCUT2D eigenvalue weighted by atomic mass is 10.2. The molecule has 0 aliphatic carbocycles. The summed E-state index contributed by atoms with van der Waals surface area (Å²) in [6, 6.07) is 11.9. The molecule has 150 valence electrons. The lowest BCUT2D eigenvalue weighted by Gasteiger charge is -2.17. The number of hydrogen-bond acceptors (Lipinski definition) is 7. The standard InChI is InChI=1S/C21H24N6OS/c1-15-19(29-21(25-15)16-7-3-2-4-8-16)20(28)23-10-9-22-18-13-17(14-24-26-18)27-11-5-6-12-27/h2-4,7-8,13-14H,5-6,9-12H2,1H3,(H,22,26)(H,23,28). The highest BCUT2D eigenvalue weighted by atomic mass is 32.1. The minimum Gasteiger partial charge on any atom is -0.370 e. The number of benzene rings is 1. The van der Waals surface area contributed by atoms with Gasteiger partial charge in [0.15, 0.2) is 5.82 Å². The van der Waals surface area contributed by atoms with E-state index in [1.165, 1.54) is 24.2 Å². The second-order valence-corrected chi connectivity index (χ2v) is 7.97. The van der Waals surface area contributed by atoms with Crippen LogP contribution in [0.4, 0.5) is 11.5 Å². The van der Waals surface area contributed by atoms with Gasteiger partial charge in [0.1, 0.15) is 9.88 Å². The van der Waals surface area contributed by atoms with Gasteiger partial charge in [0.2, 0.25) is 0 Å². The van der Waals surface area contributed by atoms with Gasteiger partial charge >= 0.3 is 0 Å². The number of hydrogen-bond donors (Lipinski definition) is 2. The zero-order valence-electron chi connectivity index (χ0n) is 16.4. The molecule has 0 spiro atoms. The molecule has 0 radical (unpaired) electrons. The van der Waals surface area contributed by atoms with Crippen LogP contribution >= 0.6 is 11.3 Å². The van der Waals surface area contributed by atoms with E-state index < -0.39 is 0 Å². The van der Waals surface area contributed by atoms with Crippen LogP contribution in [-0.2, 0) is 0 Å². The molecule has 0 saturated carbocycles. The lowest BCUT2D eigenvalue weighted by Crippen LogP contribution is -2.28. The van der Waals surface area contributed by atoms with E-state index in [4.69, 9.17) is 0 Å². The van der Waals surface area contributed by atoms with E-state index in [1.807, 2.05) is 43.3 Å². The van der Waals surface area contributed by atoms with Crippen molar-refractivity contribution < 1.29 is 4.79 Å². The largest absolute Gasteiger partial charge is 0.370 e. The molecular weight excluding hydrogens is 384 g/mol. The van der Waals surface area contributed by atoms with Crippen LogP contribution in [0.1, 0.15) is 28.2 Å². The van der Waals surface area contributed by atoms with E-state index in [1.54, 1.807) is 6.20 Å². The molecule has 29 heavy (non-hydrogen) atoms. The van der Waals surface area contributed by atoms with Crippen molar-refractivity contribution in [3.8, 4) is 10.6 Å². The number of nitrogens with zero attached hydrogens (tertiary/aromatic N) is 4. The van der Waals surface area contributed by atoms with Gasteiger partial charge < -0.3 is 15.5 Å². The Morgan fingerprint density at radius 3 is 2.76 bits per heavy atom. The first-order chi connectivity index (χ1) is 14.2. The normalized spacial score (nSPS) is 13.5. The molecule has 1 aliphatic heterocycles. The van der Waals surface area contributed by atoms with Gasteiger partial charge in [0.05, 0.1) is 17.6 Å². The molecule has 3 heterocycles. The Hall–Kier alpha value is -3.00. The third kappa shape index (κ3) is 4.71. The number of aromatic nitrogens is 3. The van der Waals surface area contributed by atoms with E-state index in [-0.39, 0.29) is 5.91 Å². The molecule has 8 heteroatoms. The molecular formula is C21H24N6OS. The summed E-state index contributed by atoms with van der Waals surface area (Å²) in [5.41, 5.74) is 2.87. The highest BCUT2D eigenvalue weighted by Crippen LogP contribution is 2.27. The summed E-state index contributed by atoms with van der Waals surface area (Å²) in [6.45, 7) is 5.08. The average molecular weight is 409 g/mol. The number of carbonyl (C=O) groups is 1. The molecule has 2 N–H and O–H groups in total. The molecule has 0 unspecified atom stereocenters. The fourth-order valence-corrected chi connectivity index (χ4v) is 4.34. The minimum absolute atomic E-state index is 0.0964. The lowest BCUT2D eigenvalue weighted by molar-refractivity contribution is 0.0958. The van der Waals surface area contributed by atoms with Gasteiger partial charge in [-0.1, -0.05) is 30.3 Å². The van der Waals surface area contributed by atoms with Crippen LogP contribution < -0.4 is 15.5 Å². The average Bonchev–Trinajstić information content (AvgIpc) is 3.42. The number of carbonyl (C=O) groups excluding carboxylic acids is 1. The van der Waals surface area contributed by atoms with Crippen molar-refractivity contribution in [2.75, 3.05) is 36.4 Å². The second-order valence-electron chi connectivity index (χ2n) is 6.98. The summed E-state index contributed by atoms with van der Waals surface area (Å²) in [5.74, 6) is 0.630. The van der Waals surface area contributed by atoms with E-state index in [0.29, 0.717) is 18.0 Å². The van der Waals surface area contributed by atoms with Crippen LogP contribution in [0, 0.1) is 6.92 Å². The number of thiazole rings is 1. The molecule has 1 aliphatic rings. The molecule has 7 nitrogen and oxygen atoms in total. The van der Waals surface area contributed by atoms with Crippen LogP contribution in [0.15, 0.2) is 42.6 Å². The predicted molar refractivity (Wildman–Crippen MR) is 117 cm³/mol. The topological polar surface area (TPSA) is 83.0 Å². The van der Waals surface area contributed by atoms with E-state index >= 15 is 0 Å². The van der Waals surface area contributed by atoms with Crippen LogP contribution in [0.2, 0.25) is 0 Å². The van der Waals surface area contributed by atoms with Gasteiger partial charge in [-0.05, 0) is 19.8 Å². The van der Waals surface area contributed by atoms with Crippen LogP contribution in [0.5, 0.6) is 0 Å². The molecule has 1 saturated heterocycles. The van der Waals surface area contributed by atoms with Gasteiger partial charge in [-0.25, -0.2) is 4.98 Å². The summed E-state index contributed by atoms with van der Waals surface area (Å²) in [5, 5.41) is 15.3. The first-order valence-electron chi connectivity index (χ1n) is 9.83. The maximum Gasteiger partial charge on any atom is 0.263 e. The predicted octanol–water partition coefficient (Wildman–Crippen LogP) is 3.35. The Bertz CT molecular complexity index is 968. The fraction of sp³-hybridized carbons (Fsp3) is 0.333. The number of aryl methyl sites for hydroxylation is 1. The number of amides is 1. The molecule has 4 rings (SSSR count). The summed E-state index contributed by atoms with van der Waals surface area (Å²) >= 11 is 1.42. The van der Waals surface area contributed by atoms with E-state index in [2.05, 4.69) is 30.7 Å². The quantitative estimate of drug-likeness (QED) is 0.584. The van der Waals surface area contributed by atoms with Crippen molar-refractivity contribution in [1.82, 2.24) is 20.5 Å². The minimum atomic E-state index is -0.0964. The van der Waals surface area contributed by atoms with Crippen LogP contribution in [-0.4, -0.2) is 47.3 Å². The van der Waals surface area contributed by atoms with E-state index in [0.717, 1.165) is 40.9 Å². The highest BCUT2D eigenvalue weighted by Gasteiger charge is 2.16. The van der Waals surface area contributed by atoms with Crippen molar-refractivity contribution in [3.63, 3.8) is 0 Å². The van der Waals surface area contributed by atoms with Crippen molar-refractivity contribution in [2.45, 2.75) is 19.8 Å². The summed E-state index contributed by atoms with van der Waals surface area (Å²) in [4.78, 5) is 20.1. The first kappa shape index (κ1) is 19.3. The molecule has 3 aromatic rings. The first-order valence-corrected chi connectivity index (χ1v) is 10.6. The molecule has 0 bridgehead atoms. The smallest absolute Gasteiger partial charge is 0.263 e.